The topological polar surface area (TPSA) is 80.6 Å². The fourth-order valence-electron chi connectivity index (χ4n) is 3.57. The number of carbonyl (C=O) groups excluding carboxylic acids is 1. The normalized spacial score (nSPS) is 30.8. The molecule has 0 bridgehead atoms. The van der Waals surface area contributed by atoms with Crippen LogP contribution in [0.2, 0.25) is 0 Å². The third kappa shape index (κ3) is 2.47. The molecule has 4 atom stereocenters. The van der Waals surface area contributed by atoms with Crippen molar-refractivity contribution in [3.8, 4) is 0 Å². The van der Waals surface area contributed by atoms with E-state index in [0.29, 0.717) is 18.4 Å². The summed E-state index contributed by atoms with van der Waals surface area (Å²) in [6.07, 6.45) is -1.00. The molecule has 0 spiro atoms. The Morgan fingerprint density at radius 2 is 1.81 bits per heavy atom. The van der Waals surface area contributed by atoms with Gasteiger partial charge in [0, 0.05) is 11.4 Å². The van der Waals surface area contributed by atoms with Crippen LogP contribution >= 0.6 is 0 Å². The molecule has 0 radical (unpaired) electrons. The minimum Gasteiger partial charge on any atom is -0.550 e. The van der Waals surface area contributed by atoms with Crippen molar-refractivity contribution >= 4 is 5.97 Å². The number of rotatable bonds is 4. The van der Waals surface area contributed by atoms with Gasteiger partial charge in [-0.1, -0.05) is 51.1 Å². The van der Waals surface area contributed by atoms with E-state index in [-0.39, 0.29) is 5.92 Å². The van der Waals surface area contributed by atoms with Crippen molar-refractivity contribution in [3.63, 3.8) is 0 Å². The highest BCUT2D eigenvalue weighted by Gasteiger charge is 2.55. The number of carboxylic acids is 1. The lowest BCUT2D eigenvalue weighted by Gasteiger charge is -2.44. The van der Waals surface area contributed by atoms with Crippen molar-refractivity contribution < 1.29 is 20.1 Å². The van der Waals surface area contributed by atoms with Crippen LogP contribution in [-0.2, 0) is 4.79 Å². The molecule has 4 nitrogen and oxygen atoms in total. The lowest BCUT2D eigenvalue weighted by atomic mass is 9.64. The maximum absolute atomic E-state index is 11.5. The molecular weight excluding hydrogens is 268 g/mol. The molecule has 1 saturated carbocycles. The Bertz CT molecular complexity index is 511. The zero-order chi connectivity index (χ0) is 15.8. The second-order valence-electron chi connectivity index (χ2n) is 6.83. The van der Waals surface area contributed by atoms with Gasteiger partial charge in [-0.15, -0.1) is 0 Å². The number of hydrogen-bond acceptors (Lipinski definition) is 4. The van der Waals surface area contributed by atoms with Gasteiger partial charge in [-0.25, -0.2) is 0 Å². The van der Waals surface area contributed by atoms with Crippen LogP contribution in [0, 0.1) is 16.7 Å². The molecule has 1 fully saturated rings. The van der Waals surface area contributed by atoms with E-state index in [9.17, 15) is 20.1 Å². The van der Waals surface area contributed by atoms with Gasteiger partial charge in [0.25, 0.3) is 0 Å². The SMILES string of the molecule is CC1(C)[C@H]([C@H](O)[C@H](O)c2ccccc2)CC[C@]1(C)C(=O)[O-]. The van der Waals surface area contributed by atoms with Crippen LogP contribution in [0.3, 0.4) is 0 Å². The van der Waals surface area contributed by atoms with E-state index in [1.165, 1.54) is 0 Å². The standard InChI is InChI=1S/C17H24O4/c1-16(2)12(9-10-17(16,3)15(20)21)14(19)13(18)11-7-5-4-6-8-11/h4-8,12-14,18-19H,9-10H2,1-3H3,(H,20,21)/p-1/t12-,13+,14-,17+/m0/s1. The summed E-state index contributed by atoms with van der Waals surface area (Å²) < 4.78 is 0. The molecule has 0 heterocycles. The first-order valence-corrected chi connectivity index (χ1v) is 7.34. The summed E-state index contributed by atoms with van der Waals surface area (Å²) in [5.74, 6) is -1.38. The van der Waals surface area contributed by atoms with Gasteiger partial charge in [-0.2, -0.15) is 0 Å². The predicted octanol–water partition coefficient (Wildman–Crippen LogP) is 1.27. The summed E-state index contributed by atoms with van der Waals surface area (Å²) >= 11 is 0. The number of hydrogen-bond donors (Lipinski definition) is 2. The second-order valence-corrected chi connectivity index (χ2v) is 6.83. The summed E-state index contributed by atoms with van der Waals surface area (Å²) in [5, 5.41) is 32.4. The molecule has 1 aromatic carbocycles. The van der Waals surface area contributed by atoms with Crippen molar-refractivity contribution in [1.82, 2.24) is 0 Å². The van der Waals surface area contributed by atoms with E-state index in [1.807, 2.05) is 19.9 Å². The number of carboxylic acid groups (broad SMARTS) is 1. The monoisotopic (exact) mass is 291 g/mol. The maximum atomic E-state index is 11.5. The Hall–Kier alpha value is -1.39. The van der Waals surface area contributed by atoms with Gasteiger partial charge in [0.05, 0.1) is 6.10 Å². The number of carbonyl (C=O) groups is 1. The van der Waals surface area contributed by atoms with Gasteiger partial charge < -0.3 is 20.1 Å². The molecule has 0 unspecified atom stereocenters. The molecular formula is C17H23O4-. The first-order chi connectivity index (χ1) is 9.72. The van der Waals surface area contributed by atoms with E-state index in [2.05, 4.69) is 0 Å². The van der Waals surface area contributed by atoms with E-state index in [4.69, 9.17) is 0 Å². The van der Waals surface area contributed by atoms with E-state index in [0.717, 1.165) is 0 Å². The Balaban J connectivity index is 2.25. The van der Waals surface area contributed by atoms with Gasteiger partial charge in [0.1, 0.15) is 6.10 Å². The van der Waals surface area contributed by atoms with E-state index in [1.54, 1.807) is 31.2 Å². The third-order valence-corrected chi connectivity index (χ3v) is 5.63. The van der Waals surface area contributed by atoms with Crippen LogP contribution in [-0.4, -0.2) is 22.3 Å². The Morgan fingerprint density at radius 1 is 1.24 bits per heavy atom. The van der Waals surface area contributed by atoms with Crippen LogP contribution < -0.4 is 5.11 Å². The molecule has 0 aromatic heterocycles. The zero-order valence-electron chi connectivity index (χ0n) is 12.7. The first kappa shape index (κ1) is 16.0. The van der Waals surface area contributed by atoms with Crippen molar-refractivity contribution in [1.29, 1.82) is 0 Å². The lowest BCUT2D eigenvalue weighted by molar-refractivity contribution is -0.323. The van der Waals surface area contributed by atoms with E-state index < -0.39 is 29.0 Å². The summed E-state index contributed by atoms with van der Waals surface area (Å²) in [5.41, 5.74) is -1.00. The Morgan fingerprint density at radius 3 is 2.29 bits per heavy atom. The fourth-order valence-corrected chi connectivity index (χ4v) is 3.57. The number of benzene rings is 1. The molecule has 0 amide bonds. The minimum atomic E-state index is -1.09. The lowest BCUT2D eigenvalue weighted by Crippen LogP contribution is -2.50. The molecule has 0 aliphatic heterocycles. The smallest absolute Gasteiger partial charge is 0.105 e. The first-order valence-electron chi connectivity index (χ1n) is 7.34. The van der Waals surface area contributed by atoms with Crippen LogP contribution in [0.1, 0.15) is 45.3 Å². The highest BCUT2D eigenvalue weighted by Crippen LogP contribution is 2.57. The van der Waals surface area contributed by atoms with Crippen LogP contribution in [0.4, 0.5) is 0 Å². The minimum absolute atomic E-state index is 0.296. The quantitative estimate of drug-likeness (QED) is 0.875. The summed E-state index contributed by atoms with van der Waals surface area (Å²) in [6.45, 7) is 5.34. The Labute approximate surface area is 125 Å². The Kier molecular flexibility index (Phi) is 4.13. The third-order valence-electron chi connectivity index (χ3n) is 5.63. The molecule has 2 rings (SSSR count). The predicted molar refractivity (Wildman–Crippen MR) is 77.0 cm³/mol. The molecule has 116 valence electrons. The summed E-state index contributed by atoms with van der Waals surface area (Å²) in [4.78, 5) is 11.5. The van der Waals surface area contributed by atoms with Crippen molar-refractivity contribution in [2.24, 2.45) is 16.7 Å². The van der Waals surface area contributed by atoms with Crippen LogP contribution in [0.15, 0.2) is 30.3 Å². The fraction of sp³-hybridized carbons (Fsp3) is 0.588. The van der Waals surface area contributed by atoms with Crippen LogP contribution in [0.25, 0.3) is 0 Å². The average molecular weight is 291 g/mol. The van der Waals surface area contributed by atoms with Crippen molar-refractivity contribution in [2.75, 3.05) is 0 Å². The largest absolute Gasteiger partial charge is 0.550 e. The molecule has 21 heavy (non-hydrogen) atoms. The molecule has 2 N–H and O–H groups in total. The van der Waals surface area contributed by atoms with Gasteiger partial charge in [-0.05, 0) is 29.7 Å². The van der Waals surface area contributed by atoms with Crippen molar-refractivity contribution in [2.45, 2.75) is 45.8 Å². The van der Waals surface area contributed by atoms with Gasteiger partial charge in [-0.3, -0.25) is 0 Å². The van der Waals surface area contributed by atoms with Crippen LogP contribution in [0.5, 0.6) is 0 Å². The average Bonchev–Trinajstić information content (AvgIpc) is 2.70. The van der Waals surface area contributed by atoms with Gasteiger partial charge >= 0.3 is 0 Å². The molecule has 1 aromatic rings. The molecule has 1 aliphatic rings. The molecule has 0 saturated heterocycles. The van der Waals surface area contributed by atoms with Crippen molar-refractivity contribution in [3.05, 3.63) is 35.9 Å². The summed E-state index contributed by atoms with van der Waals surface area (Å²) in [6, 6.07) is 8.96. The van der Waals surface area contributed by atoms with Gasteiger partial charge in [0.2, 0.25) is 0 Å². The zero-order valence-corrected chi connectivity index (χ0v) is 12.7. The van der Waals surface area contributed by atoms with E-state index >= 15 is 0 Å². The molecule has 4 heteroatoms. The summed E-state index contributed by atoms with van der Waals surface area (Å²) in [7, 11) is 0. The number of aliphatic hydroxyl groups is 2. The molecule has 1 aliphatic carbocycles. The highest BCUT2D eigenvalue weighted by atomic mass is 16.4. The highest BCUT2D eigenvalue weighted by molar-refractivity contribution is 5.73. The number of aliphatic hydroxyl groups excluding tert-OH is 2. The van der Waals surface area contributed by atoms with Gasteiger partial charge in [0.15, 0.2) is 0 Å². The second kappa shape index (κ2) is 5.43. The number of aliphatic carboxylic acids is 1. The maximum Gasteiger partial charge on any atom is 0.105 e.